The van der Waals surface area contributed by atoms with Gasteiger partial charge in [0.1, 0.15) is 0 Å². The zero-order valence-corrected chi connectivity index (χ0v) is 14.2. The van der Waals surface area contributed by atoms with Gasteiger partial charge in [-0.15, -0.1) is 13.2 Å². The molecule has 0 aromatic carbocycles. The normalized spacial score (nSPS) is 14.0. The molecule has 3 nitrogen and oxygen atoms in total. The quantitative estimate of drug-likeness (QED) is 0.360. The molecule has 0 fully saturated rings. The highest BCUT2D eigenvalue weighted by Crippen LogP contribution is 2.18. The number of rotatable bonds is 13. The van der Waals surface area contributed by atoms with Gasteiger partial charge in [0, 0.05) is 6.54 Å². The highest BCUT2D eigenvalue weighted by atomic mass is 16.3. The number of aliphatic hydroxyl groups is 2. The van der Waals surface area contributed by atoms with Gasteiger partial charge in [0.25, 0.3) is 0 Å². The van der Waals surface area contributed by atoms with Crippen molar-refractivity contribution in [3.05, 3.63) is 25.3 Å². The second-order valence-electron chi connectivity index (χ2n) is 6.99. The van der Waals surface area contributed by atoms with Crippen LogP contribution in [0.25, 0.3) is 0 Å². The van der Waals surface area contributed by atoms with Crippen molar-refractivity contribution in [2.24, 2.45) is 5.92 Å². The summed E-state index contributed by atoms with van der Waals surface area (Å²) in [5, 5.41) is 23.4. The van der Waals surface area contributed by atoms with Crippen molar-refractivity contribution in [3.63, 3.8) is 0 Å². The van der Waals surface area contributed by atoms with Crippen molar-refractivity contribution in [3.8, 4) is 0 Å². The van der Waals surface area contributed by atoms with Gasteiger partial charge in [-0.25, -0.2) is 0 Å². The van der Waals surface area contributed by atoms with Crippen LogP contribution in [-0.2, 0) is 0 Å². The van der Waals surface area contributed by atoms with Gasteiger partial charge in [-0.2, -0.15) is 0 Å². The highest BCUT2D eigenvalue weighted by Gasteiger charge is 2.23. The average Bonchev–Trinajstić information content (AvgIpc) is 2.34. The van der Waals surface area contributed by atoms with E-state index in [9.17, 15) is 10.2 Å². The molecule has 0 saturated carbocycles. The Bertz CT molecular complexity index is 284. The molecule has 1 unspecified atom stereocenters. The van der Waals surface area contributed by atoms with Gasteiger partial charge < -0.3 is 15.5 Å². The van der Waals surface area contributed by atoms with E-state index in [2.05, 4.69) is 25.4 Å². The lowest BCUT2D eigenvalue weighted by molar-refractivity contribution is 0.0460. The van der Waals surface area contributed by atoms with Gasteiger partial charge in [0.15, 0.2) is 0 Å². The molecule has 0 aromatic rings. The van der Waals surface area contributed by atoms with Gasteiger partial charge in [-0.3, -0.25) is 0 Å². The Labute approximate surface area is 131 Å². The summed E-state index contributed by atoms with van der Waals surface area (Å²) < 4.78 is 0. The maximum Gasteiger partial charge on any atom is 0.0839 e. The molecule has 0 spiro atoms. The van der Waals surface area contributed by atoms with Crippen LogP contribution in [0.2, 0.25) is 0 Å². The smallest absolute Gasteiger partial charge is 0.0839 e. The molecule has 21 heavy (non-hydrogen) atoms. The minimum absolute atomic E-state index is 0.552. The van der Waals surface area contributed by atoms with Crippen LogP contribution in [0.15, 0.2) is 25.3 Å². The van der Waals surface area contributed by atoms with Crippen LogP contribution in [-0.4, -0.2) is 34.5 Å². The van der Waals surface area contributed by atoms with Crippen LogP contribution in [0.4, 0.5) is 0 Å². The van der Waals surface area contributed by atoms with Gasteiger partial charge in [-0.1, -0.05) is 31.9 Å². The largest absolute Gasteiger partial charge is 0.390 e. The van der Waals surface area contributed by atoms with Crippen LogP contribution in [0, 0.1) is 5.92 Å². The summed E-state index contributed by atoms with van der Waals surface area (Å²) in [7, 11) is 0. The number of hydrogen-bond donors (Lipinski definition) is 3. The second-order valence-corrected chi connectivity index (χ2v) is 6.99. The molecule has 0 amide bonds. The predicted molar refractivity (Wildman–Crippen MR) is 91.4 cm³/mol. The molecule has 3 N–H and O–H groups in total. The minimum Gasteiger partial charge on any atom is -0.390 e. The first-order chi connectivity index (χ1) is 9.72. The van der Waals surface area contributed by atoms with Crippen LogP contribution < -0.4 is 5.32 Å². The number of hydrogen-bond acceptors (Lipinski definition) is 3. The molecule has 0 saturated heterocycles. The second kappa shape index (κ2) is 10.1. The lowest BCUT2D eigenvalue weighted by Crippen LogP contribution is -2.40. The van der Waals surface area contributed by atoms with Crippen LogP contribution in [0.1, 0.15) is 59.3 Å². The van der Waals surface area contributed by atoms with Crippen LogP contribution in [0.3, 0.4) is 0 Å². The lowest BCUT2D eigenvalue weighted by atomic mass is 9.94. The predicted octanol–water partition coefficient (Wildman–Crippen LogP) is 3.43. The van der Waals surface area contributed by atoms with E-state index in [0.717, 1.165) is 32.2 Å². The molecule has 124 valence electrons. The summed E-state index contributed by atoms with van der Waals surface area (Å²) in [4.78, 5) is 0. The van der Waals surface area contributed by atoms with Crippen molar-refractivity contribution < 1.29 is 10.2 Å². The van der Waals surface area contributed by atoms with E-state index in [4.69, 9.17) is 0 Å². The molecule has 0 heterocycles. The summed E-state index contributed by atoms with van der Waals surface area (Å²) in [5.74, 6) is 0.631. The van der Waals surface area contributed by atoms with Crippen molar-refractivity contribution in [1.82, 2.24) is 5.32 Å². The standard InChI is InChI=1S/C18H35NO2/c1-6-11-18(21,12-7-2)15-19-14-10-16(3)9-8-13-17(4,5)20/h6-7,16,19-21H,1-2,8-15H2,3-5H3. The molecule has 3 heteroatoms. The van der Waals surface area contributed by atoms with Crippen molar-refractivity contribution in [2.75, 3.05) is 13.1 Å². The van der Waals surface area contributed by atoms with Crippen molar-refractivity contribution in [1.29, 1.82) is 0 Å². The van der Waals surface area contributed by atoms with E-state index >= 15 is 0 Å². The molecular weight excluding hydrogens is 262 g/mol. The third-order valence-corrected chi connectivity index (χ3v) is 3.80. The molecule has 0 bridgehead atoms. The molecule has 0 aliphatic heterocycles. The molecule has 0 aliphatic carbocycles. The SMILES string of the molecule is C=CCC(O)(CC=C)CNCCC(C)CCCC(C)(C)O. The van der Waals surface area contributed by atoms with E-state index in [1.54, 1.807) is 12.2 Å². The fourth-order valence-corrected chi connectivity index (χ4v) is 2.46. The van der Waals surface area contributed by atoms with E-state index < -0.39 is 11.2 Å². The first-order valence-electron chi connectivity index (χ1n) is 8.10. The highest BCUT2D eigenvalue weighted by molar-refractivity contribution is 4.93. The summed E-state index contributed by atoms with van der Waals surface area (Å²) >= 11 is 0. The average molecular weight is 297 g/mol. The van der Waals surface area contributed by atoms with Gasteiger partial charge in [-0.05, 0) is 52.0 Å². The molecule has 0 radical (unpaired) electrons. The molecule has 0 aromatic heterocycles. The monoisotopic (exact) mass is 297 g/mol. The van der Waals surface area contributed by atoms with E-state index in [0.29, 0.717) is 25.3 Å². The van der Waals surface area contributed by atoms with Gasteiger partial charge in [0.05, 0.1) is 11.2 Å². The Balaban J connectivity index is 3.82. The van der Waals surface area contributed by atoms with Gasteiger partial charge in [0.2, 0.25) is 0 Å². The molecular formula is C18H35NO2. The Kier molecular flexibility index (Phi) is 9.84. The number of nitrogens with one attached hydrogen (secondary N) is 1. The minimum atomic E-state index is -0.756. The zero-order valence-electron chi connectivity index (χ0n) is 14.2. The van der Waals surface area contributed by atoms with Gasteiger partial charge >= 0.3 is 0 Å². The molecule has 1 atom stereocenters. The van der Waals surface area contributed by atoms with E-state index in [1.165, 1.54) is 0 Å². The summed E-state index contributed by atoms with van der Waals surface area (Å²) in [5.41, 5.74) is -1.31. The summed E-state index contributed by atoms with van der Waals surface area (Å²) in [6, 6.07) is 0. The zero-order chi connectivity index (χ0) is 16.4. The maximum atomic E-state index is 10.4. The third kappa shape index (κ3) is 11.7. The topological polar surface area (TPSA) is 52.5 Å². The van der Waals surface area contributed by atoms with Crippen molar-refractivity contribution >= 4 is 0 Å². The first-order valence-corrected chi connectivity index (χ1v) is 8.10. The lowest BCUT2D eigenvalue weighted by Gasteiger charge is -2.26. The maximum absolute atomic E-state index is 10.4. The van der Waals surface area contributed by atoms with E-state index in [-0.39, 0.29) is 0 Å². The van der Waals surface area contributed by atoms with Crippen LogP contribution >= 0.6 is 0 Å². The third-order valence-electron chi connectivity index (χ3n) is 3.80. The van der Waals surface area contributed by atoms with Crippen LogP contribution in [0.5, 0.6) is 0 Å². The fraction of sp³-hybridized carbons (Fsp3) is 0.778. The Morgan fingerprint density at radius 2 is 1.67 bits per heavy atom. The first kappa shape index (κ1) is 20.4. The Morgan fingerprint density at radius 1 is 1.10 bits per heavy atom. The Hall–Kier alpha value is -0.640. The fourth-order valence-electron chi connectivity index (χ4n) is 2.46. The molecule has 0 aliphatic rings. The summed E-state index contributed by atoms with van der Waals surface area (Å²) in [6.07, 6.45) is 8.79. The Morgan fingerprint density at radius 3 is 2.14 bits per heavy atom. The van der Waals surface area contributed by atoms with E-state index in [1.807, 2.05) is 13.8 Å². The summed E-state index contributed by atoms with van der Waals surface area (Å²) in [6.45, 7) is 14.8. The van der Waals surface area contributed by atoms with Crippen molar-refractivity contribution in [2.45, 2.75) is 70.5 Å². The molecule has 0 rings (SSSR count).